The second kappa shape index (κ2) is 6.91. The Hall–Kier alpha value is -1.07. The van der Waals surface area contributed by atoms with Gasteiger partial charge in [-0.1, -0.05) is 24.6 Å². The van der Waals surface area contributed by atoms with Gasteiger partial charge in [0.25, 0.3) is 0 Å². The van der Waals surface area contributed by atoms with Gasteiger partial charge in [-0.05, 0) is 26.3 Å². The van der Waals surface area contributed by atoms with Gasteiger partial charge in [0.15, 0.2) is 9.84 Å². The van der Waals surface area contributed by atoms with E-state index < -0.39 is 9.84 Å². The minimum atomic E-state index is -3.00. The second-order valence-electron chi connectivity index (χ2n) is 4.83. The third-order valence-corrected chi connectivity index (χ3v) is 4.64. The number of hydrogen-bond acceptors (Lipinski definition) is 4. The number of ether oxygens (including phenoxy) is 1. The molecule has 0 heterocycles. The lowest BCUT2D eigenvalue weighted by Crippen LogP contribution is -2.17. The Balaban J connectivity index is 2.68. The number of benzene rings is 1. The molecule has 19 heavy (non-hydrogen) atoms. The molecule has 0 saturated heterocycles. The smallest absolute Gasteiger partial charge is 0.153 e. The zero-order valence-corrected chi connectivity index (χ0v) is 12.7. The molecule has 0 aliphatic rings. The Morgan fingerprint density at radius 2 is 2.00 bits per heavy atom. The van der Waals surface area contributed by atoms with E-state index in [-0.39, 0.29) is 24.2 Å². The number of nitrogens with two attached hydrogens (primary N) is 1. The number of rotatable bonds is 7. The van der Waals surface area contributed by atoms with Crippen molar-refractivity contribution in [2.45, 2.75) is 33.2 Å². The molecule has 0 aromatic heterocycles. The van der Waals surface area contributed by atoms with Crippen LogP contribution in [-0.4, -0.2) is 26.5 Å². The van der Waals surface area contributed by atoms with E-state index in [4.69, 9.17) is 10.5 Å². The van der Waals surface area contributed by atoms with Gasteiger partial charge in [-0.25, -0.2) is 8.42 Å². The first-order valence-electron chi connectivity index (χ1n) is 6.55. The molecule has 1 atom stereocenters. The molecule has 0 aliphatic carbocycles. The molecule has 0 radical (unpaired) electrons. The first-order valence-corrected chi connectivity index (χ1v) is 8.37. The molecule has 0 unspecified atom stereocenters. The summed E-state index contributed by atoms with van der Waals surface area (Å²) in [6.45, 7) is 5.90. The summed E-state index contributed by atoms with van der Waals surface area (Å²) in [5.41, 5.74) is 7.91. The summed E-state index contributed by atoms with van der Waals surface area (Å²) in [6, 6.07) is 5.62. The highest BCUT2D eigenvalue weighted by Crippen LogP contribution is 2.25. The molecule has 0 spiro atoms. The van der Waals surface area contributed by atoms with Gasteiger partial charge in [-0.3, -0.25) is 0 Å². The second-order valence-corrected chi connectivity index (χ2v) is 7.13. The van der Waals surface area contributed by atoms with E-state index in [0.717, 1.165) is 11.1 Å². The molecule has 1 aromatic rings. The monoisotopic (exact) mass is 285 g/mol. The highest BCUT2D eigenvalue weighted by Gasteiger charge is 2.12. The largest absolute Gasteiger partial charge is 0.492 e. The highest BCUT2D eigenvalue weighted by atomic mass is 32.2. The molecule has 108 valence electrons. The third-order valence-electron chi connectivity index (χ3n) is 2.82. The van der Waals surface area contributed by atoms with Crippen LogP contribution in [0.3, 0.4) is 0 Å². The molecule has 4 nitrogen and oxygen atoms in total. The van der Waals surface area contributed by atoms with Crippen LogP contribution in [0.4, 0.5) is 0 Å². The summed E-state index contributed by atoms with van der Waals surface area (Å²) in [7, 11) is -3.00. The molecule has 1 aromatic carbocycles. The molecule has 0 amide bonds. The maximum Gasteiger partial charge on any atom is 0.153 e. The maximum absolute atomic E-state index is 11.6. The first-order chi connectivity index (χ1) is 8.85. The van der Waals surface area contributed by atoms with E-state index in [1.54, 1.807) is 0 Å². The summed E-state index contributed by atoms with van der Waals surface area (Å²) in [6.07, 6.45) is 0.637. The summed E-state index contributed by atoms with van der Waals surface area (Å²) >= 11 is 0. The SMILES string of the molecule is CCCS(=O)(=O)CCOc1ccc(C)cc1[C@H](C)N. The fraction of sp³-hybridized carbons (Fsp3) is 0.571. The Morgan fingerprint density at radius 1 is 1.32 bits per heavy atom. The van der Waals surface area contributed by atoms with Crippen molar-refractivity contribution >= 4 is 9.84 Å². The van der Waals surface area contributed by atoms with E-state index in [1.807, 2.05) is 39.0 Å². The average Bonchev–Trinajstić information content (AvgIpc) is 2.30. The minimum absolute atomic E-state index is 0.0487. The summed E-state index contributed by atoms with van der Waals surface area (Å²) in [5.74, 6) is 0.935. The van der Waals surface area contributed by atoms with Gasteiger partial charge >= 0.3 is 0 Å². The number of hydrogen-bond donors (Lipinski definition) is 1. The molecule has 0 fully saturated rings. The van der Waals surface area contributed by atoms with E-state index >= 15 is 0 Å². The summed E-state index contributed by atoms with van der Waals surface area (Å²) in [5, 5.41) is 0. The average molecular weight is 285 g/mol. The molecular weight excluding hydrogens is 262 g/mol. The van der Waals surface area contributed by atoms with Crippen LogP contribution in [0, 0.1) is 6.92 Å². The molecule has 5 heteroatoms. The summed E-state index contributed by atoms with van der Waals surface area (Å²) < 4.78 is 28.8. The van der Waals surface area contributed by atoms with Crippen molar-refractivity contribution in [1.82, 2.24) is 0 Å². The van der Waals surface area contributed by atoms with Gasteiger partial charge < -0.3 is 10.5 Å². The van der Waals surface area contributed by atoms with Crippen molar-refractivity contribution in [3.63, 3.8) is 0 Å². The van der Waals surface area contributed by atoms with Crippen molar-refractivity contribution in [2.24, 2.45) is 5.73 Å². The van der Waals surface area contributed by atoms with Crippen LogP contribution in [0.2, 0.25) is 0 Å². The fourth-order valence-electron chi connectivity index (χ4n) is 1.85. The van der Waals surface area contributed by atoms with Gasteiger partial charge in [-0.2, -0.15) is 0 Å². The standard InChI is InChI=1S/C14H23NO3S/c1-4-8-19(16,17)9-7-18-14-6-5-11(2)10-13(14)12(3)15/h5-6,10,12H,4,7-9,15H2,1-3H3/t12-/m0/s1. The highest BCUT2D eigenvalue weighted by molar-refractivity contribution is 7.91. The lowest BCUT2D eigenvalue weighted by Gasteiger charge is -2.14. The zero-order chi connectivity index (χ0) is 14.5. The quantitative estimate of drug-likeness (QED) is 0.834. The Kier molecular flexibility index (Phi) is 5.82. The molecule has 0 bridgehead atoms. The lowest BCUT2D eigenvalue weighted by atomic mass is 10.1. The van der Waals surface area contributed by atoms with Crippen LogP contribution in [0.25, 0.3) is 0 Å². The van der Waals surface area contributed by atoms with Crippen LogP contribution in [-0.2, 0) is 9.84 Å². The number of aryl methyl sites for hydroxylation is 1. The van der Waals surface area contributed by atoms with Crippen LogP contribution in [0.15, 0.2) is 18.2 Å². The normalized spacial score (nSPS) is 13.3. The topological polar surface area (TPSA) is 69.4 Å². The molecule has 0 saturated carbocycles. The van der Waals surface area contributed by atoms with Gasteiger partial charge in [0.1, 0.15) is 12.4 Å². The van der Waals surface area contributed by atoms with E-state index in [1.165, 1.54) is 0 Å². The summed E-state index contributed by atoms with van der Waals surface area (Å²) in [4.78, 5) is 0. The van der Waals surface area contributed by atoms with Crippen LogP contribution in [0.1, 0.15) is 37.4 Å². The number of sulfone groups is 1. The molecule has 0 aliphatic heterocycles. The van der Waals surface area contributed by atoms with Gasteiger partial charge in [0, 0.05) is 11.6 Å². The van der Waals surface area contributed by atoms with Crippen molar-refractivity contribution in [3.8, 4) is 5.75 Å². The van der Waals surface area contributed by atoms with Gasteiger partial charge in [0.05, 0.1) is 11.5 Å². The van der Waals surface area contributed by atoms with Crippen molar-refractivity contribution < 1.29 is 13.2 Å². The Morgan fingerprint density at radius 3 is 2.58 bits per heavy atom. The molecule has 2 N–H and O–H groups in total. The Labute approximate surface area is 115 Å². The van der Waals surface area contributed by atoms with Crippen LogP contribution >= 0.6 is 0 Å². The third kappa shape index (κ3) is 5.20. The predicted molar refractivity (Wildman–Crippen MR) is 78.2 cm³/mol. The predicted octanol–water partition coefficient (Wildman–Crippen LogP) is 2.22. The molecular formula is C14H23NO3S. The lowest BCUT2D eigenvalue weighted by molar-refractivity contribution is 0.335. The van der Waals surface area contributed by atoms with Crippen LogP contribution < -0.4 is 10.5 Å². The zero-order valence-electron chi connectivity index (χ0n) is 11.8. The Bertz CT molecular complexity index is 509. The molecule has 1 rings (SSSR count). The first kappa shape index (κ1) is 16.0. The fourth-order valence-corrected chi connectivity index (χ4v) is 3.01. The maximum atomic E-state index is 11.6. The van der Waals surface area contributed by atoms with Crippen molar-refractivity contribution in [3.05, 3.63) is 29.3 Å². The van der Waals surface area contributed by atoms with Crippen LogP contribution in [0.5, 0.6) is 5.75 Å². The van der Waals surface area contributed by atoms with Crippen molar-refractivity contribution in [2.75, 3.05) is 18.1 Å². The van der Waals surface area contributed by atoms with Crippen molar-refractivity contribution in [1.29, 1.82) is 0 Å². The van der Waals surface area contributed by atoms with Gasteiger partial charge in [0.2, 0.25) is 0 Å². The van der Waals surface area contributed by atoms with E-state index in [0.29, 0.717) is 12.2 Å². The van der Waals surface area contributed by atoms with Gasteiger partial charge in [-0.15, -0.1) is 0 Å². The van der Waals surface area contributed by atoms with E-state index in [2.05, 4.69) is 0 Å². The minimum Gasteiger partial charge on any atom is -0.492 e. The van der Waals surface area contributed by atoms with E-state index in [9.17, 15) is 8.42 Å².